The maximum atomic E-state index is 12.2. The van der Waals surface area contributed by atoms with Gasteiger partial charge in [0.05, 0.1) is 0 Å². The molecule has 2 aliphatic heterocycles. The van der Waals surface area contributed by atoms with Gasteiger partial charge in [-0.25, -0.2) is 4.79 Å². The molecule has 0 saturated carbocycles. The minimum absolute atomic E-state index is 0.0712. The quantitative estimate of drug-likeness (QED) is 0.335. The van der Waals surface area contributed by atoms with Crippen molar-refractivity contribution in [1.82, 2.24) is 10.2 Å². The fourth-order valence-corrected chi connectivity index (χ4v) is 3.61. The average molecular weight is 386 g/mol. The SMILES string of the molecule is C=CC1=C(C(=O)OCC(Cl)(Cl)Cl)N2C(=O)[C@@H](NC=O)[C@H]2SC1. The first-order chi connectivity index (χ1) is 10.3. The molecule has 0 spiro atoms. The molecule has 1 N–H and O–H groups in total. The molecule has 0 bridgehead atoms. The van der Waals surface area contributed by atoms with Crippen LogP contribution in [0.25, 0.3) is 0 Å². The largest absolute Gasteiger partial charge is 0.456 e. The number of hydrogen-bond donors (Lipinski definition) is 1. The van der Waals surface area contributed by atoms with Crippen LogP contribution >= 0.6 is 46.6 Å². The van der Waals surface area contributed by atoms with Gasteiger partial charge >= 0.3 is 5.97 Å². The van der Waals surface area contributed by atoms with Crippen molar-refractivity contribution in [3.8, 4) is 0 Å². The highest BCUT2D eigenvalue weighted by atomic mass is 35.6. The molecular weight excluding hydrogens is 375 g/mol. The van der Waals surface area contributed by atoms with E-state index in [1.807, 2.05) is 0 Å². The van der Waals surface area contributed by atoms with Gasteiger partial charge in [-0.2, -0.15) is 0 Å². The molecule has 0 aromatic carbocycles. The number of hydrogen-bond acceptors (Lipinski definition) is 5. The Kier molecular flexibility index (Phi) is 5.32. The summed E-state index contributed by atoms with van der Waals surface area (Å²) in [6.45, 7) is 3.18. The van der Waals surface area contributed by atoms with Crippen molar-refractivity contribution in [2.45, 2.75) is 15.2 Å². The van der Waals surface area contributed by atoms with E-state index in [1.165, 1.54) is 22.7 Å². The Morgan fingerprint density at radius 3 is 2.77 bits per heavy atom. The molecule has 2 rings (SSSR count). The number of β-lactam (4-membered cyclic amide) rings is 1. The van der Waals surface area contributed by atoms with E-state index in [0.29, 0.717) is 17.7 Å². The predicted octanol–water partition coefficient (Wildman–Crippen LogP) is 1.37. The molecule has 2 heterocycles. The number of halogens is 3. The molecule has 0 aliphatic carbocycles. The minimum Gasteiger partial charge on any atom is -0.456 e. The van der Waals surface area contributed by atoms with Gasteiger partial charge in [0.15, 0.2) is 0 Å². The van der Waals surface area contributed by atoms with Gasteiger partial charge in [0.1, 0.15) is 23.7 Å². The van der Waals surface area contributed by atoms with Crippen LogP contribution in [0.4, 0.5) is 0 Å². The standard InChI is InChI=1S/C12H11Cl3N2O4S/c1-2-6-3-22-10-7(16-5-18)9(19)17(10)8(6)11(20)21-4-12(13,14)15/h2,5,7,10H,1,3-4H2,(H,16,18)/t7-,10-/m1/s1. The highest BCUT2D eigenvalue weighted by Gasteiger charge is 2.53. The van der Waals surface area contributed by atoms with E-state index in [4.69, 9.17) is 39.5 Å². The number of fused-ring (bicyclic) bond motifs is 1. The Hall–Kier alpha value is -0.890. The van der Waals surface area contributed by atoms with Crippen molar-refractivity contribution in [3.05, 3.63) is 23.9 Å². The van der Waals surface area contributed by atoms with Crippen LogP contribution in [0.1, 0.15) is 0 Å². The van der Waals surface area contributed by atoms with E-state index in [9.17, 15) is 14.4 Å². The van der Waals surface area contributed by atoms with E-state index in [1.54, 1.807) is 0 Å². The highest BCUT2D eigenvalue weighted by molar-refractivity contribution is 8.00. The van der Waals surface area contributed by atoms with E-state index in [0.717, 1.165) is 0 Å². The lowest BCUT2D eigenvalue weighted by Gasteiger charge is -2.49. The average Bonchev–Trinajstić information content (AvgIpc) is 2.47. The number of amides is 2. The molecule has 2 aliphatic rings. The molecule has 1 fully saturated rings. The number of ether oxygens (including phenoxy) is 1. The van der Waals surface area contributed by atoms with Crippen molar-refractivity contribution in [2.24, 2.45) is 0 Å². The summed E-state index contributed by atoms with van der Waals surface area (Å²) in [5, 5.41) is 2.06. The zero-order chi connectivity index (χ0) is 16.5. The molecule has 0 aromatic rings. The van der Waals surface area contributed by atoms with Gasteiger partial charge in [0.25, 0.3) is 5.91 Å². The molecule has 2 amide bonds. The van der Waals surface area contributed by atoms with E-state index in [-0.39, 0.29) is 11.1 Å². The third-order valence-corrected chi connectivity index (χ3v) is 4.68. The van der Waals surface area contributed by atoms with E-state index in [2.05, 4.69) is 11.9 Å². The van der Waals surface area contributed by atoms with Crippen LogP contribution in [0.15, 0.2) is 23.9 Å². The van der Waals surface area contributed by atoms with Crippen molar-refractivity contribution < 1.29 is 19.1 Å². The first-order valence-electron chi connectivity index (χ1n) is 6.04. The molecule has 22 heavy (non-hydrogen) atoms. The molecule has 0 unspecified atom stereocenters. The van der Waals surface area contributed by atoms with Crippen LogP contribution in [0.5, 0.6) is 0 Å². The zero-order valence-corrected chi connectivity index (χ0v) is 14.1. The lowest BCUT2D eigenvalue weighted by atomic mass is 10.0. The third kappa shape index (κ3) is 3.37. The summed E-state index contributed by atoms with van der Waals surface area (Å²) in [6.07, 6.45) is 1.93. The fraction of sp³-hybridized carbons (Fsp3) is 0.417. The summed E-state index contributed by atoms with van der Waals surface area (Å²) >= 11 is 18.0. The lowest BCUT2D eigenvalue weighted by Crippen LogP contribution is -2.69. The van der Waals surface area contributed by atoms with Crippen LogP contribution < -0.4 is 5.32 Å². The van der Waals surface area contributed by atoms with Crippen LogP contribution in [0.3, 0.4) is 0 Å². The summed E-state index contributed by atoms with van der Waals surface area (Å²) in [5.41, 5.74) is 0.621. The van der Waals surface area contributed by atoms with Gasteiger partial charge in [-0.1, -0.05) is 47.5 Å². The second-order valence-electron chi connectivity index (χ2n) is 4.44. The van der Waals surface area contributed by atoms with Crippen LogP contribution in [-0.2, 0) is 19.1 Å². The number of carbonyl (C=O) groups excluding carboxylic acids is 3. The number of thioether (sulfide) groups is 1. The Morgan fingerprint density at radius 1 is 1.55 bits per heavy atom. The molecule has 0 aromatic heterocycles. The molecule has 6 nitrogen and oxygen atoms in total. The van der Waals surface area contributed by atoms with Crippen LogP contribution in [0.2, 0.25) is 0 Å². The minimum atomic E-state index is -1.74. The topological polar surface area (TPSA) is 75.7 Å². The number of nitrogens with zero attached hydrogens (tertiary/aromatic N) is 1. The summed E-state index contributed by atoms with van der Waals surface area (Å²) in [6, 6.07) is -0.662. The molecular formula is C12H11Cl3N2O4S. The summed E-state index contributed by atoms with van der Waals surface area (Å²) in [7, 11) is 0. The second-order valence-corrected chi connectivity index (χ2v) is 8.06. The maximum absolute atomic E-state index is 12.2. The summed E-state index contributed by atoms with van der Waals surface area (Å²) < 4.78 is 3.20. The van der Waals surface area contributed by atoms with Crippen molar-refractivity contribution in [1.29, 1.82) is 0 Å². The fourth-order valence-electron chi connectivity index (χ4n) is 2.10. The van der Waals surface area contributed by atoms with Gasteiger partial charge < -0.3 is 10.1 Å². The van der Waals surface area contributed by atoms with Crippen LogP contribution in [-0.4, -0.2) is 50.8 Å². The molecule has 0 radical (unpaired) electrons. The third-order valence-electron chi connectivity index (χ3n) is 3.05. The Morgan fingerprint density at radius 2 is 2.23 bits per heavy atom. The van der Waals surface area contributed by atoms with Gasteiger partial charge in [-0.05, 0) is 5.57 Å². The smallest absolute Gasteiger partial charge is 0.355 e. The number of nitrogens with one attached hydrogen (secondary N) is 1. The van der Waals surface area contributed by atoms with Gasteiger partial charge in [0, 0.05) is 5.75 Å². The number of alkyl halides is 3. The molecule has 120 valence electrons. The maximum Gasteiger partial charge on any atom is 0.355 e. The Balaban J connectivity index is 2.21. The Labute approximate surface area is 145 Å². The van der Waals surface area contributed by atoms with Gasteiger partial charge in [0.2, 0.25) is 10.2 Å². The van der Waals surface area contributed by atoms with E-state index < -0.39 is 28.3 Å². The van der Waals surface area contributed by atoms with Crippen LogP contribution in [0, 0.1) is 0 Å². The lowest BCUT2D eigenvalue weighted by molar-refractivity contribution is -0.152. The summed E-state index contributed by atoms with van der Waals surface area (Å²) in [5.74, 6) is -0.721. The van der Waals surface area contributed by atoms with Crippen molar-refractivity contribution in [3.63, 3.8) is 0 Å². The van der Waals surface area contributed by atoms with E-state index >= 15 is 0 Å². The van der Waals surface area contributed by atoms with Crippen molar-refractivity contribution in [2.75, 3.05) is 12.4 Å². The highest BCUT2D eigenvalue weighted by Crippen LogP contribution is 2.41. The van der Waals surface area contributed by atoms with Crippen molar-refractivity contribution >= 4 is 64.9 Å². The number of carbonyl (C=O) groups is 3. The molecule has 1 saturated heterocycles. The van der Waals surface area contributed by atoms with Gasteiger partial charge in [-0.3, -0.25) is 14.5 Å². The molecule has 2 atom stereocenters. The predicted molar refractivity (Wildman–Crippen MR) is 84.6 cm³/mol. The zero-order valence-electron chi connectivity index (χ0n) is 11.1. The summed E-state index contributed by atoms with van der Waals surface area (Å²) in [4.78, 5) is 36.1. The normalized spacial score (nSPS) is 24.3. The number of allylic oxidation sites excluding steroid dienone is 1. The first-order valence-corrected chi connectivity index (χ1v) is 8.22. The molecule has 10 heteroatoms. The number of esters is 1. The second kappa shape index (κ2) is 6.70. The number of rotatable bonds is 5. The Bertz CT molecular complexity index is 561. The first kappa shape index (κ1) is 17.5. The van der Waals surface area contributed by atoms with Gasteiger partial charge in [-0.15, -0.1) is 11.8 Å². The monoisotopic (exact) mass is 384 g/mol.